The standard InChI is InChI=1S/C23H26N2O4/c1-5-29-19-12-9-13-25-21(16(2)24-22(19)25)18(26)14-23(3,15-20(27)28-4)17-10-7-6-8-11-17/h6-13H,5,14-15H2,1-4H3/t23-/m0/s1. The molecule has 2 heterocycles. The van der Waals surface area contributed by atoms with E-state index in [2.05, 4.69) is 4.98 Å². The van der Waals surface area contributed by atoms with Crippen LogP contribution >= 0.6 is 0 Å². The Morgan fingerprint density at radius 3 is 2.48 bits per heavy atom. The maximum Gasteiger partial charge on any atom is 0.306 e. The van der Waals surface area contributed by atoms with Crippen molar-refractivity contribution in [3.8, 4) is 5.75 Å². The van der Waals surface area contributed by atoms with Gasteiger partial charge in [-0.05, 0) is 31.5 Å². The summed E-state index contributed by atoms with van der Waals surface area (Å²) in [6.45, 7) is 6.15. The molecule has 0 N–H and O–H groups in total. The van der Waals surface area contributed by atoms with Crippen molar-refractivity contribution in [1.29, 1.82) is 0 Å². The third kappa shape index (κ3) is 4.16. The van der Waals surface area contributed by atoms with E-state index in [4.69, 9.17) is 9.47 Å². The molecule has 0 radical (unpaired) electrons. The van der Waals surface area contributed by atoms with Gasteiger partial charge >= 0.3 is 5.97 Å². The summed E-state index contributed by atoms with van der Waals surface area (Å²) in [7, 11) is 1.36. The fourth-order valence-corrected chi connectivity index (χ4v) is 3.70. The number of fused-ring (bicyclic) bond motifs is 1. The molecule has 29 heavy (non-hydrogen) atoms. The summed E-state index contributed by atoms with van der Waals surface area (Å²) in [5, 5.41) is 0. The van der Waals surface area contributed by atoms with Crippen LogP contribution in [-0.4, -0.2) is 34.9 Å². The Hall–Kier alpha value is -3.15. The summed E-state index contributed by atoms with van der Waals surface area (Å²) in [6, 6.07) is 13.3. The van der Waals surface area contributed by atoms with Crippen LogP contribution < -0.4 is 4.74 Å². The maximum absolute atomic E-state index is 13.4. The van der Waals surface area contributed by atoms with Gasteiger partial charge in [0.2, 0.25) is 0 Å². The summed E-state index contributed by atoms with van der Waals surface area (Å²) in [5.74, 6) is 0.203. The Bertz CT molecular complexity index is 1030. The Balaban J connectivity index is 2.01. The Kier molecular flexibility index (Phi) is 6.01. The Morgan fingerprint density at radius 2 is 1.83 bits per heavy atom. The molecule has 0 bridgehead atoms. The van der Waals surface area contributed by atoms with Gasteiger partial charge in [-0.3, -0.25) is 14.0 Å². The second-order valence-corrected chi connectivity index (χ2v) is 7.32. The minimum atomic E-state index is -0.695. The van der Waals surface area contributed by atoms with Gasteiger partial charge in [-0.1, -0.05) is 37.3 Å². The molecule has 0 aliphatic heterocycles. The number of pyridine rings is 1. The zero-order chi connectivity index (χ0) is 21.0. The number of ether oxygens (including phenoxy) is 2. The molecule has 152 valence electrons. The SMILES string of the molecule is CCOc1cccn2c(C(=O)C[C@@](C)(CC(=O)OC)c3ccccc3)c(C)nc12. The number of imidazole rings is 1. The molecular weight excluding hydrogens is 368 g/mol. The number of carbonyl (C=O) groups is 2. The molecular formula is C23H26N2O4. The molecule has 0 aliphatic rings. The number of Topliss-reactive ketones (excluding diaryl/α,β-unsaturated/α-hetero) is 1. The number of hydrogen-bond acceptors (Lipinski definition) is 5. The number of rotatable bonds is 8. The number of aromatic nitrogens is 2. The van der Waals surface area contributed by atoms with Crippen molar-refractivity contribution in [2.45, 2.75) is 39.0 Å². The van der Waals surface area contributed by atoms with Crippen LogP contribution in [0, 0.1) is 6.92 Å². The van der Waals surface area contributed by atoms with Crippen LogP contribution in [0.3, 0.4) is 0 Å². The lowest BCUT2D eigenvalue weighted by Crippen LogP contribution is -2.30. The first-order chi connectivity index (χ1) is 13.9. The highest BCUT2D eigenvalue weighted by molar-refractivity contribution is 5.98. The average Bonchev–Trinajstić information content (AvgIpc) is 3.05. The summed E-state index contributed by atoms with van der Waals surface area (Å²) in [5.41, 5.74) is 1.98. The van der Waals surface area contributed by atoms with E-state index in [1.807, 2.05) is 69.4 Å². The van der Waals surface area contributed by atoms with E-state index in [-0.39, 0.29) is 24.6 Å². The topological polar surface area (TPSA) is 69.9 Å². The minimum absolute atomic E-state index is 0.0843. The molecule has 1 aromatic carbocycles. The van der Waals surface area contributed by atoms with Crippen molar-refractivity contribution in [3.05, 3.63) is 65.6 Å². The molecule has 2 aromatic heterocycles. The average molecular weight is 394 g/mol. The van der Waals surface area contributed by atoms with Crippen molar-refractivity contribution < 1.29 is 19.1 Å². The number of nitrogens with zero attached hydrogens (tertiary/aromatic N) is 2. The van der Waals surface area contributed by atoms with Gasteiger partial charge in [-0.2, -0.15) is 0 Å². The molecule has 0 aliphatic carbocycles. The highest BCUT2D eigenvalue weighted by Crippen LogP contribution is 2.34. The third-order valence-electron chi connectivity index (χ3n) is 5.14. The number of ketones is 1. The van der Waals surface area contributed by atoms with Gasteiger partial charge in [0.1, 0.15) is 5.69 Å². The predicted molar refractivity (Wildman–Crippen MR) is 110 cm³/mol. The van der Waals surface area contributed by atoms with E-state index in [0.29, 0.717) is 29.4 Å². The van der Waals surface area contributed by atoms with Crippen molar-refractivity contribution in [3.63, 3.8) is 0 Å². The normalized spacial score (nSPS) is 13.1. The van der Waals surface area contributed by atoms with E-state index in [9.17, 15) is 9.59 Å². The molecule has 6 heteroatoms. The quantitative estimate of drug-likeness (QED) is 0.424. The second-order valence-electron chi connectivity index (χ2n) is 7.32. The van der Waals surface area contributed by atoms with Crippen molar-refractivity contribution in [2.24, 2.45) is 0 Å². The van der Waals surface area contributed by atoms with Gasteiger partial charge in [-0.25, -0.2) is 4.98 Å². The molecule has 3 aromatic rings. The number of carbonyl (C=O) groups excluding carboxylic acids is 2. The van der Waals surface area contributed by atoms with Crippen LogP contribution in [0.4, 0.5) is 0 Å². The summed E-state index contributed by atoms with van der Waals surface area (Å²) < 4.78 is 12.3. The fourth-order valence-electron chi connectivity index (χ4n) is 3.70. The van der Waals surface area contributed by atoms with Gasteiger partial charge in [0, 0.05) is 18.0 Å². The summed E-state index contributed by atoms with van der Waals surface area (Å²) in [6.07, 6.45) is 2.07. The molecule has 0 amide bonds. The van der Waals surface area contributed by atoms with Crippen LogP contribution in [0.15, 0.2) is 48.7 Å². The van der Waals surface area contributed by atoms with E-state index in [0.717, 1.165) is 5.56 Å². The van der Waals surface area contributed by atoms with Crippen LogP contribution in [0.5, 0.6) is 5.75 Å². The van der Waals surface area contributed by atoms with Crippen LogP contribution in [0.2, 0.25) is 0 Å². The molecule has 0 spiro atoms. The van der Waals surface area contributed by atoms with E-state index >= 15 is 0 Å². The number of esters is 1. The van der Waals surface area contributed by atoms with Gasteiger partial charge in [0.25, 0.3) is 0 Å². The largest absolute Gasteiger partial charge is 0.490 e. The predicted octanol–water partition coefficient (Wildman–Crippen LogP) is 4.14. The molecule has 1 atom stereocenters. The minimum Gasteiger partial charge on any atom is -0.490 e. The zero-order valence-corrected chi connectivity index (χ0v) is 17.3. The maximum atomic E-state index is 13.4. The molecule has 0 unspecified atom stereocenters. The Labute approximate surface area is 170 Å². The first-order valence-electron chi connectivity index (χ1n) is 9.65. The van der Waals surface area contributed by atoms with Crippen molar-refractivity contribution >= 4 is 17.4 Å². The van der Waals surface area contributed by atoms with E-state index in [1.54, 1.807) is 4.40 Å². The summed E-state index contributed by atoms with van der Waals surface area (Å²) in [4.78, 5) is 30.1. The van der Waals surface area contributed by atoms with Crippen LogP contribution in [0.1, 0.15) is 48.4 Å². The lowest BCUT2D eigenvalue weighted by atomic mass is 9.75. The van der Waals surface area contributed by atoms with Gasteiger partial charge in [0.05, 0.1) is 25.8 Å². The first-order valence-corrected chi connectivity index (χ1v) is 9.65. The number of benzene rings is 1. The molecule has 6 nitrogen and oxygen atoms in total. The summed E-state index contributed by atoms with van der Waals surface area (Å²) >= 11 is 0. The van der Waals surface area contributed by atoms with E-state index < -0.39 is 5.41 Å². The number of hydrogen-bond donors (Lipinski definition) is 0. The van der Waals surface area contributed by atoms with Crippen LogP contribution in [0.25, 0.3) is 5.65 Å². The highest BCUT2D eigenvalue weighted by Gasteiger charge is 2.34. The third-order valence-corrected chi connectivity index (χ3v) is 5.14. The van der Waals surface area contributed by atoms with Crippen LogP contribution in [-0.2, 0) is 14.9 Å². The smallest absolute Gasteiger partial charge is 0.306 e. The fraction of sp³-hybridized carbons (Fsp3) is 0.348. The molecule has 0 fully saturated rings. The number of aryl methyl sites for hydroxylation is 1. The van der Waals surface area contributed by atoms with Gasteiger partial charge in [-0.15, -0.1) is 0 Å². The molecule has 3 rings (SSSR count). The van der Waals surface area contributed by atoms with Gasteiger partial charge < -0.3 is 9.47 Å². The van der Waals surface area contributed by atoms with Crippen molar-refractivity contribution in [2.75, 3.05) is 13.7 Å². The highest BCUT2D eigenvalue weighted by atomic mass is 16.5. The second kappa shape index (κ2) is 8.47. The first kappa shape index (κ1) is 20.6. The molecule has 0 saturated carbocycles. The molecule has 0 saturated heterocycles. The zero-order valence-electron chi connectivity index (χ0n) is 17.3. The van der Waals surface area contributed by atoms with E-state index in [1.165, 1.54) is 7.11 Å². The van der Waals surface area contributed by atoms with Gasteiger partial charge in [0.15, 0.2) is 17.2 Å². The lowest BCUT2D eigenvalue weighted by Gasteiger charge is -2.28. The van der Waals surface area contributed by atoms with Crippen molar-refractivity contribution in [1.82, 2.24) is 9.38 Å². The monoisotopic (exact) mass is 394 g/mol. The Morgan fingerprint density at radius 1 is 1.10 bits per heavy atom. The lowest BCUT2D eigenvalue weighted by molar-refractivity contribution is -0.142. The number of methoxy groups -OCH3 is 1.